The SMILES string of the molecule is C=CCn1c(Sc2ncnc3ccc(C)cc23)nnc1-c1cccs1. The largest absolute Gasteiger partial charge is 0.297 e. The average Bonchev–Trinajstić information content (AvgIpc) is 3.26. The number of benzene rings is 1. The van der Waals surface area contributed by atoms with Gasteiger partial charge in [0.1, 0.15) is 11.4 Å². The van der Waals surface area contributed by atoms with Gasteiger partial charge in [-0.2, -0.15) is 0 Å². The van der Waals surface area contributed by atoms with Crippen LogP contribution in [0.2, 0.25) is 0 Å². The first-order chi connectivity index (χ1) is 12.3. The van der Waals surface area contributed by atoms with Gasteiger partial charge in [0.25, 0.3) is 0 Å². The van der Waals surface area contributed by atoms with Crippen LogP contribution in [-0.2, 0) is 6.54 Å². The van der Waals surface area contributed by atoms with Crippen molar-refractivity contribution in [1.82, 2.24) is 24.7 Å². The van der Waals surface area contributed by atoms with Gasteiger partial charge in [-0.1, -0.05) is 23.8 Å². The molecule has 0 aliphatic rings. The quantitative estimate of drug-likeness (QED) is 0.382. The van der Waals surface area contributed by atoms with Crippen molar-refractivity contribution >= 4 is 34.0 Å². The zero-order valence-electron chi connectivity index (χ0n) is 13.6. The molecule has 0 unspecified atom stereocenters. The van der Waals surface area contributed by atoms with Crippen LogP contribution >= 0.6 is 23.1 Å². The Kier molecular flexibility index (Phi) is 4.33. The van der Waals surface area contributed by atoms with Crippen molar-refractivity contribution in [2.45, 2.75) is 23.7 Å². The molecular formula is C18H15N5S2. The van der Waals surface area contributed by atoms with Crippen LogP contribution in [0.1, 0.15) is 5.56 Å². The smallest absolute Gasteiger partial charge is 0.198 e. The number of rotatable bonds is 5. The van der Waals surface area contributed by atoms with E-state index in [0.717, 1.165) is 31.8 Å². The molecule has 0 saturated carbocycles. The lowest BCUT2D eigenvalue weighted by Gasteiger charge is -2.08. The summed E-state index contributed by atoms with van der Waals surface area (Å²) >= 11 is 3.15. The number of fused-ring (bicyclic) bond motifs is 1. The van der Waals surface area contributed by atoms with E-state index >= 15 is 0 Å². The van der Waals surface area contributed by atoms with Crippen molar-refractivity contribution in [2.75, 3.05) is 0 Å². The summed E-state index contributed by atoms with van der Waals surface area (Å²) in [4.78, 5) is 9.90. The van der Waals surface area contributed by atoms with E-state index in [1.807, 2.05) is 29.7 Å². The van der Waals surface area contributed by atoms with Crippen molar-refractivity contribution in [3.8, 4) is 10.7 Å². The highest BCUT2D eigenvalue weighted by Crippen LogP contribution is 2.33. The average molecular weight is 365 g/mol. The van der Waals surface area contributed by atoms with Crippen molar-refractivity contribution < 1.29 is 0 Å². The van der Waals surface area contributed by atoms with Gasteiger partial charge in [-0.25, -0.2) is 9.97 Å². The normalized spacial score (nSPS) is 11.1. The van der Waals surface area contributed by atoms with Gasteiger partial charge in [-0.05, 0) is 42.3 Å². The second-order valence-electron chi connectivity index (χ2n) is 5.48. The third-order valence-corrected chi connectivity index (χ3v) is 5.58. The predicted octanol–water partition coefficient (Wildman–Crippen LogP) is 4.60. The molecule has 5 nitrogen and oxygen atoms in total. The van der Waals surface area contributed by atoms with Crippen LogP contribution in [0.25, 0.3) is 21.6 Å². The van der Waals surface area contributed by atoms with E-state index in [4.69, 9.17) is 0 Å². The van der Waals surface area contributed by atoms with E-state index in [-0.39, 0.29) is 0 Å². The number of thiophene rings is 1. The minimum absolute atomic E-state index is 0.643. The molecule has 25 heavy (non-hydrogen) atoms. The second kappa shape index (κ2) is 6.78. The maximum Gasteiger partial charge on any atom is 0.198 e. The van der Waals surface area contributed by atoms with Gasteiger partial charge in [0.15, 0.2) is 11.0 Å². The third kappa shape index (κ3) is 3.08. The zero-order valence-corrected chi connectivity index (χ0v) is 15.2. The minimum atomic E-state index is 0.643. The molecule has 4 rings (SSSR count). The van der Waals surface area contributed by atoms with Gasteiger partial charge in [-0.15, -0.1) is 28.1 Å². The Hall–Kier alpha value is -2.51. The lowest BCUT2D eigenvalue weighted by molar-refractivity contribution is 0.731. The van der Waals surface area contributed by atoms with E-state index < -0.39 is 0 Å². The Labute approximate surface area is 153 Å². The number of hydrogen-bond donors (Lipinski definition) is 0. The molecular weight excluding hydrogens is 350 g/mol. The van der Waals surface area contributed by atoms with E-state index in [1.165, 1.54) is 17.3 Å². The summed E-state index contributed by atoms with van der Waals surface area (Å²) in [5, 5.41) is 13.5. The number of hydrogen-bond acceptors (Lipinski definition) is 6. The van der Waals surface area contributed by atoms with Crippen LogP contribution in [0.4, 0.5) is 0 Å². The van der Waals surface area contributed by atoms with Gasteiger partial charge in [0, 0.05) is 11.9 Å². The highest BCUT2D eigenvalue weighted by atomic mass is 32.2. The molecule has 0 bridgehead atoms. The first-order valence-corrected chi connectivity index (χ1v) is 9.43. The molecule has 0 aliphatic carbocycles. The number of allylic oxidation sites excluding steroid dienone is 1. The molecule has 0 amide bonds. The lowest BCUT2D eigenvalue weighted by Crippen LogP contribution is -2.00. The van der Waals surface area contributed by atoms with E-state index in [0.29, 0.717) is 6.54 Å². The Bertz CT molecular complexity index is 1040. The first-order valence-electron chi connectivity index (χ1n) is 7.73. The maximum atomic E-state index is 4.46. The Morgan fingerprint density at radius 1 is 1.24 bits per heavy atom. The molecule has 3 aromatic heterocycles. The second-order valence-corrected chi connectivity index (χ2v) is 7.39. The summed E-state index contributed by atoms with van der Waals surface area (Å²) in [5.41, 5.74) is 2.10. The Morgan fingerprint density at radius 2 is 2.16 bits per heavy atom. The van der Waals surface area contributed by atoms with Crippen LogP contribution in [0.15, 0.2) is 64.9 Å². The fourth-order valence-corrected chi connectivity index (χ4v) is 4.18. The van der Waals surface area contributed by atoms with E-state index in [2.05, 4.69) is 50.4 Å². The van der Waals surface area contributed by atoms with Crippen molar-refractivity contribution in [3.63, 3.8) is 0 Å². The molecule has 0 aliphatic heterocycles. The van der Waals surface area contributed by atoms with Crippen LogP contribution in [0.5, 0.6) is 0 Å². The zero-order chi connectivity index (χ0) is 17.2. The third-order valence-electron chi connectivity index (χ3n) is 3.71. The molecule has 0 radical (unpaired) electrons. The minimum Gasteiger partial charge on any atom is -0.297 e. The number of nitrogens with zero attached hydrogens (tertiary/aromatic N) is 5. The van der Waals surface area contributed by atoms with Crippen LogP contribution in [0.3, 0.4) is 0 Å². The molecule has 0 N–H and O–H groups in total. The Balaban J connectivity index is 1.79. The first kappa shape index (κ1) is 16.0. The fraction of sp³-hybridized carbons (Fsp3) is 0.111. The summed E-state index contributed by atoms with van der Waals surface area (Å²) < 4.78 is 2.06. The summed E-state index contributed by atoms with van der Waals surface area (Å²) in [6, 6.07) is 10.2. The molecule has 3 heterocycles. The van der Waals surface area contributed by atoms with E-state index in [9.17, 15) is 0 Å². The Morgan fingerprint density at radius 3 is 2.96 bits per heavy atom. The van der Waals surface area contributed by atoms with Gasteiger partial charge in [-0.3, -0.25) is 4.57 Å². The summed E-state index contributed by atoms with van der Waals surface area (Å²) in [5.74, 6) is 0.854. The lowest BCUT2D eigenvalue weighted by atomic mass is 10.2. The van der Waals surface area contributed by atoms with Crippen LogP contribution < -0.4 is 0 Å². The molecule has 1 aromatic carbocycles. The monoisotopic (exact) mass is 365 g/mol. The van der Waals surface area contributed by atoms with Crippen molar-refractivity contribution in [3.05, 3.63) is 60.3 Å². The van der Waals surface area contributed by atoms with Gasteiger partial charge < -0.3 is 0 Å². The maximum absolute atomic E-state index is 4.46. The molecule has 7 heteroatoms. The predicted molar refractivity (Wildman–Crippen MR) is 102 cm³/mol. The van der Waals surface area contributed by atoms with Gasteiger partial charge in [0.2, 0.25) is 0 Å². The van der Waals surface area contributed by atoms with Gasteiger partial charge in [0.05, 0.1) is 10.4 Å². The highest BCUT2D eigenvalue weighted by molar-refractivity contribution is 7.99. The van der Waals surface area contributed by atoms with Crippen LogP contribution in [0, 0.1) is 6.92 Å². The molecule has 0 spiro atoms. The standard InChI is InChI=1S/C18H15N5S2/c1-3-8-23-16(15-5-4-9-24-15)21-22-18(23)25-17-13-10-12(2)6-7-14(13)19-11-20-17/h3-7,9-11H,1,8H2,2H3. The molecule has 0 atom stereocenters. The number of aromatic nitrogens is 5. The molecule has 4 aromatic rings. The van der Waals surface area contributed by atoms with Crippen LogP contribution in [-0.4, -0.2) is 24.7 Å². The topological polar surface area (TPSA) is 56.5 Å². The van der Waals surface area contributed by atoms with Crippen molar-refractivity contribution in [1.29, 1.82) is 0 Å². The highest BCUT2D eigenvalue weighted by Gasteiger charge is 2.16. The fourth-order valence-electron chi connectivity index (χ4n) is 2.56. The number of aryl methyl sites for hydroxylation is 1. The van der Waals surface area contributed by atoms with Crippen molar-refractivity contribution in [2.24, 2.45) is 0 Å². The molecule has 0 saturated heterocycles. The van der Waals surface area contributed by atoms with Gasteiger partial charge >= 0.3 is 0 Å². The summed E-state index contributed by atoms with van der Waals surface area (Å²) in [7, 11) is 0. The van der Waals surface area contributed by atoms with E-state index in [1.54, 1.807) is 17.7 Å². The summed E-state index contributed by atoms with van der Waals surface area (Å²) in [6.07, 6.45) is 3.45. The molecule has 0 fully saturated rings. The summed E-state index contributed by atoms with van der Waals surface area (Å²) in [6.45, 7) is 6.57. The molecule has 124 valence electrons.